The number of rotatable bonds is 6. The first-order valence-corrected chi connectivity index (χ1v) is 4.70. The first-order valence-electron chi connectivity index (χ1n) is 4.70. The Hall–Kier alpha value is -0.570. The lowest BCUT2D eigenvalue weighted by atomic mass is 10.1. The Labute approximate surface area is 74.7 Å². The summed E-state index contributed by atoms with van der Waals surface area (Å²) in [5, 5.41) is 2.87. The molecule has 0 aromatic carbocycles. The molecular formula is C9H20N2O. The number of unbranched alkanes of at least 4 members (excludes halogenated alkanes) is 1. The van der Waals surface area contributed by atoms with Crippen molar-refractivity contribution in [3.8, 4) is 0 Å². The molecule has 3 heteroatoms. The summed E-state index contributed by atoms with van der Waals surface area (Å²) in [6.45, 7) is 5.40. The standard InChI is InChI=1S/C9H20N2O/c1-3-4-7-11-9(12)8(2)5-6-10/h8H,3-7,10H2,1-2H3,(H,11,12). The second kappa shape index (κ2) is 7.10. The van der Waals surface area contributed by atoms with Crippen molar-refractivity contribution in [1.29, 1.82) is 0 Å². The molecule has 0 aromatic rings. The van der Waals surface area contributed by atoms with Crippen molar-refractivity contribution in [3.63, 3.8) is 0 Å². The predicted octanol–water partition coefficient (Wildman–Crippen LogP) is 0.888. The normalized spacial score (nSPS) is 12.6. The lowest BCUT2D eigenvalue weighted by Gasteiger charge is -2.09. The Bertz CT molecular complexity index is 126. The molecule has 0 aliphatic heterocycles. The topological polar surface area (TPSA) is 55.1 Å². The van der Waals surface area contributed by atoms with Gasteiger partial charge in [-0.1, -0.05) is 20.3 Å². The van der Waals surface area contributed by atoms with Gasteiger partial charge in [-0.05, 0) is 19.4 Å². The van der Waals surface area contributed by atoms with Gasteiger partial charge in [0, 0.05) is 12.5 Å². The summed E-state index contributed by atoms with van der Waals surface area (Å²) in [6.07, 6.45) is 2.95. The van der Waals surface area contributed by atoms with E-state index in [1.807, 2.05) is 6.92 Å². The quantitative estimate of drug-likeness (QED) is 0.584. The van der Waals surface area contributed by atoms with Crippen LogP contribution in [0.25, 0.3) is 0 Å². The minimum Gasteiger partial charge on any atom is -0.356 e. The summed E-state index contributed by atoms with van der Waals surface area (Å²) in [7, 11) is 0. The molecular weight excluding hydrogens is 152 g/mol. The zero-order chi connectivity index (χ0) is 9.40. The molecule has 72 valence electrons. The van der Waals surface area contributed by atoms with E-state index < -0.39 is 0 Å². The molecule has 1 unspecified atom stereocenters. The third-order valence-electron chi connectivity index (χ3n) is 1.88. The van der Waals surface area contributed by atoms with Gasteiger partial charge in [0.25, 0.3) is 0 Å². The Morgan fingerprint density at radius 2 is 2.25 bits per heavy atom. The van der Waals surface area contributed by atoms with E-state index in [-0.39, 0.29) is 11.8 Å². The summed E-state index contributed by atoms with van der Waals surface area (Å²) in [5.74, 6) is 0.195. The Morgan fingerprint density at radius 1 is 1.58 bits per heavy atom. The minimum absolute atomic E-state index is 0.0619. The van der Waals surface area contributed by atoms with E-state index in [0.717, 1.165) is 25.8 Å². The van der Waals surface area contributed by atoms with E-state index in [9.17, 15) is 4.79 Å². The molecule has 1 amide bonds. The highest BCUT2D eigenvalue weighted by Crippen LogP contribution is 1.99. The molecule has 0 fully saturated rings. The van der Waals surface area contributed by atoms with Crippen LogP contribution in [-0.2, 0) is 4.79 Å². The van der Waals surface area contributed by atoms with E-state index >= 15 is 0 Å². The smallest absolute Gasteiger partial charge is 0.222 e. The zero-order valence-corrected chi connectivity index (χ0v) is 8.10. The van der Waals surface area contributed by atoms with E-state index in [4.69, 9.17) is 5.73 Å². The van der Waals surface area contributed by atoms with Gasteiger partial charge in [-0.15, -0.1) is 0 Å². The Kier molecular flexibility index (Phi) is 6.76. The van der Waals surface area contributed by atoms with Crippen LogP contribution in [-0.4, -0.2) is 19.0 Å². The number of amides is 1. The molecule has 0 saturated carbocycles. The fraction of sp³-hybridized carbons (Fsp3) is 0.889. The molecule has 0 bridgehead atoms. The van der Waals surface area contributed by atoms with E-state index in [1.165, 1.54) is 0 Å². The zero-order valence-electron chi connectivity index (χ0n) is 8.10. The van der Waals surface area contributed by atoms with Crippen molar-refractivity contribution in [2.75, 3.05) is 13.1 Å². The molecule has 0 aliphatic carbocycles. The van der Waals surface area contributed by atoms with Crippen LogP contribution in [0.5, 0.6) is 0 Å². The van der Waals surface area contributed by atoms with Gasteiger partial charge in [-0.25, -0.2) is 0 Å². The maximum atomic E-state index is 11.2. The monoisotopic (exact) mass is 172 g/mol. The maximum absolute atomic E-state index is 11.2. The molecule has 0 aromatic heterocycles. The van der Waals surface area contributed by atoms with E-state index in [1.54, 1.807) is 0 Å². The van der Waals surface area contributed by atoms with Gasteiger partial charge in [0.15, 0.2) is 0 Å². The SMILES string of the molecule is CCCCNC(=O)C(C)CCN. The van der Waals surface area contributed by atoms with Gasteiger partial charge in [-0.3, -0.25) is 4.79 Å². The first kappa shape index (κ1) is 11.4. The molecule has 0 aliphatic rings. The van der Waals surface area contributed by atoms with Gasteiger partial charge in [0.05, 0.1) is 0 Å². The minimum atomic E-state index is 0.0619. The second-order valence-electron chi connectivity index (χ2n) is 3.12. The third kappa shape index (κ3) is 5.13. The number of hydrogen-bond donors (Lipinski definition) is 2. The number of carbonyl (C=O) groups is 1. The Balaban J connectivity index is 3.43. The summed E-state index contributed by atoms with van der Waals surface area (Å²) in [6, 6.07) is 0. The van der Waals surface area contributed by atoms with Crippen LogP contribution >= 0.6 is 0 Å². The third-order valence-corrected chi connectivity index (χ3v) is 1.88. The highest BCUT2D eigenvalue weighted by Gasteiger charge is 2.09. The fourth-order valence-electron chi connectivity index (χ4n) is 0.944. The summed E-state index contributed by atoms with van der Waals surface area (Å²) >= 11 is 0. The van der Waals surface area contributed by atoms with Crippen molar-refractivity contribution in [3.05, 3.63) is 0 Å². The number of carbonyl (C=O) groups excluding carboxylic acids is 1. The molecule has 0 rings (SSSR count). The van der Waals surface area contributed by atoms with Gasteiger partial charge in [-0.2, -0.15) is 0 Å². The molecule has 3 nitrogen and oxygen atoms in total. The summed E-state index contributed by atoms with van der Waals surface area (Å²) in [5.41, 5.74) is 5.34. The van der Waals surface area contributed by atoms with Gasteiger partial charge >= 0.3 is 0 Å². The van der Waals surface area contributed by atoms with Crippen LogP contribution in [0.1, 0.15) is 33.1 Å². The van der Waals surface area contributed by atoms with Crippen molar-refractivity contribution in [2.24, 2.45) is 11.7 Å². The molecule has 1 atom stereocenters. The molecule has 3 N–H and O–H groups in total. The van der Waals surface area contributed by atoms with Crippen LogP contribution in [0, 0.1) is 5.92 Å². The summed E-state index contributed by atoms with van der Waals surface area (Å²) < 4.78 is 0. The average Bonchev–Trinajstić information content (AvgIpc) is 2.05. The van der Waals surface area contributed by atoms with Crippen molar-refractivity contribution in [1.82, 2.24) is 5.32 Å². The number of nitrogens with two attached hydrogens (primary N) is 1. The lowest BCUT2D eigenvalue weighted by Crippen LogP contribution is -2.31. The molecule has 12 heavy (non-hydrogen) atoms. The van der Waals surface area contributed by atoms with Crippen molar-refractivity contribution in [2.45, 2.75) is 33.1 Å². The number of nitrogens with one attached hydrogen (secondary N) is 1. The van der Waals surface area contributed by atoms with Crippen molar-refractivity contribution >= 4 is 5.91 Å². The Morgan fingerprint density at radius 3 is 2.75 bits per heavy atom. The molecule has 0 heterocycles. The van der Waals surface area contributed by atoms with Crippen LogP contribution in [0.2, 0.25) is 0 Å². The largest absolute Gasteiger partial charge is 0.356 e. The van der Waals surface area contributed by atoms with Gasteiger partial charge in [0.1, 0.15) is 0 Å². The highest BCUT2D eigenvalue weighted by molar-refractivity contribution is 5.78. The van der Waals surface area contributed by atoms with E-state index in [0.29, 0.717) is 6.54 Å². The number of hydrogen-bond acceptors (Lipinski definition) is 2. The van der Waals surface area contributed by atoms with Crippen LogP contribution in [0.4, 0.5) is 0 Å². The maximum Gasteiger partial charge on any atom is 0.222 e. The fourth-order valence-corrected chi connectivity index (χ4v) is 0.944. The lowest BCUT2D eigenvalue weighted by molar-refractivity contribution is -0.124. The van der Waals surface area contributed by atoms with Crippen molar-refractivity contribution < 1.29 is 4.79 Å². The molecule has 0 radical (unpaired) electrons. The summed E-state index contributed by atoms with van der Waals surface area (Å²) in [4.78, 5) is 11.2. The molecule has 0 spiro atoms. The predicted molar refractivity (Wildman–Crippen MR) is 50.8 cm³/mol. The van der Waals surface area contributed by atoms with Crippen LogP contribution in [0.15, 0.2) is 0 Å². The second-order valence-corrected chi connectivity index (χ2v) is 3.12. The first-order chi connectivity index (χ1) is 5.72. The van der Waals surface area contributed by atoms with Crippen LogP contribution < -0.4 is 11.1 Å². The van der Waals surface area contributed by atoms with Crippen LogP contribution in [0.3, 0.4) is 0 Å². The highest BCUT2D eigenvalue weighted by atomic mass is 16.1. The van der Waals surface area contributed by atoms with E-state index in [2.05, 4.69) is 12.2 Å². The van der Waals surface area contributed by atoms with Gasteiger partial charge in [0.2, 0.25) is 5.91 Å². The van der Waals surface area contributed by atoms with Gasteiger partial charge < -0.3 is 11.1 Å². The molecule has 0 saturated heterocycles. The average molecular weight is 172 g/mol.